The number of rotatable bonds is 3. The molecule has 1 saturated heterocycles. The van der Waals surface area contributed by atoms with Crippen LogP contribution in [0.4, 0.5) is 5.69 Å². The van der Waals surface area contributed by atoms with Crippen molar-refractivity contribution in [2.75, 3.05) is 18.0 Å². The molecule has 3 heteroatoms. The maximum absolute atomic E-state index is 5.94. The van der Waals surface area contributed by atoms with Crippen LogP contribution in [0.25, 0.3) is 0 Å². The number of hydrogen-bond donors (Lipinski definition) is 1. The summed E-state index contributed by atoms with van der Waals surface area (Å²) in [7, 11) is 0. The van der Waals surface area contributed by atoms with Gasteiger partial charge in [0.15, 0.2) is 0 Å². The first-order chi connectivity index (χ1) is 8.61. The van der Waals surface area contributed by atoms with Crippen LogP contribution in [0.1, 0.15) is 44.7 Å². The Morgan fingerprint density at radius 3 is 2.56 bits per heavy atom. The molecule has 0 aliphatic carbocycles. The summed E-state index contributed by atoms with van der Waals surface area (Å²) in [6.07, 6.45) is 3.97. The monoisotopic (exact) mass is 310 g/mol. The quantitative estimate of drug-likeness (QED) is 0.911. The van der Waals surface area contributed by atoms with E-state index in [0.29, 0.717) is 0 Å². The van der Waals surface area contributed by atoms with Crippen molar-refractivity contribution in [2.45, 2.75) is 39.2 Å². The topological polar surface area (TPSA) is 29.3 Å². The molecule has 1 aliphatic heterocycles. The highest BCUT2D eigenvalue weighted by molar-refractivity contribution is 9.10. The number of piperidine rings is 1. The number of halogens is 1. The summed E-state index contributed by atoms with van der Waals surface area (Å²) in [5.41, 5.74) is 8.44. The van der Waals surface area contributed by atoms with Gasteiger partial charge < -0.3 is 10.6 Å². The molecule has 1 fully saturated rings. The molecule has 1 aromatic carbocycles. The molecule has 1 atom stereocenters. The number of hydrogen-bond acceptors (Lipinski definition) is 2. The Morgan fingerprint density at radius 1 is 1.39 bits per heavy atom. The lowest BCUT2D eigenvalue weighted by Gasteiger charge is -2.33. The van der Waals surface area contributed by atoms with Crippen molar-refractivity contribution in [1.82, 2.24) is 0 Å². The molecule has 0 saturated carbocycles. The van der Waals surface area contributed by atoms with Crippen molar-refractivity contribution in [1.29, 1.82) is 0 Å². The second kappa shape index (κ2) is 6.07. The highest BCUT2D eigenvalue weighted by Gasteiger charge is 2.18. The van der Waals surface area contributed by atoms with Crippen LogP contribution in [0.2, 0.25) is 0 Å². The average molecular weight is 311 g/mol. The molecular weight excluding hydrogens is 288 g/mol. The van der Waals surface area contributed by atoms with E-state index in [1.807, 2.05) is 6.92 Å². The molecule has 0 amide bonds. The van der Waals surface area contributed by atoms with Gasteiger partial charge in [0.1, 0.15) is 0 Å². The highest BCUT2D eigenvalue weighted by atomic mass is 79.9. The van der Waals surface area contributed by atoms with E-state index in [0.717, 1.165) is 10.4 Å². The van der Waals surface area contributed by atoms with Crippen molar-refractivity contribution in [3.63, 3.8) is 0 Å². The Kier molecular flexibility index (Phi) is 4.68. The molecule has 100 valence electrons. The molecule has 18 heavy (non-hydrogen) atoms. The highest BCUT2D eigenvalue weighted by Crippen LogP contribution is 2.30. The van der Waals surface area contributed by atoms with Gasteiger partial charge in [-0.2, -0.15) is 0 Å². The fourth-order valence-electron chi connectivity index (χ4n) is 2.68. The normalized spacial score (nSPS) is 19.0. The van der Waals surface area contributed by atoms with E-state index >= 15 is 0 Å². The maximum Gasteiger partial charge on any atom is 0.0377 e. The van der Waals surface area contributed by atoms with E-state index < -0.39 is 0 Å². The van der Waals surface area contributed by atoms with Crippen molar-refractivity contribution in [2.24, 2.45) is 11.7 Å². The predicted octanol–water partition coefficient (Wildman–Crippen LogP) is 4.10. The number of nitrogens with zero attached hydrogens (tertiary/aromatic N) is 1. The summed E-state index contributed by atoms with van der Waals surface area (Å²) in [6.45, 7) is 6.69. The Bertz CT molecular complexity index is 395. The summed E-state index contributed by atoms with van der Waals surface area (Å²) < 4.78 is 1.13. The van der Waals surface area contributed by atoms with Gasteiger partial charge >= 0.3 is 0 Å². The Labute approximate surface area is 119 Å². The van der Waals surface area contributed by atoms with Crippen LogP contribution < -0.4 is 10.6 Å². The van der Waals surface area contributed by atoms with Gasteiger partial charge in [0.2, 0.25) is 0 Å². The predicted molar refractivity (Wildman–Crippen MR) is 82.0 cm³/mol. The molecule has 0 spiro atoms. The lowest BCUT2D eigenvalue weighted by atomic mass is 9.94. The Morgan fingerprint density at radius 2 is 2.06 bits per heavy atom. The third-order valence-electron chi connectivity index (χ3n) is 4.03. The van der Waals surface area contributed by atoms with Gasteiger partial charge in [0.25, 0.3) is 0 Å². The van der Waals surface area contributed by atoms with E-state index in [1.165, 1.54) is 43.6 Å². The molecule has 0 unspecified atom stereocenters. The molecule has 2 N–H and O–H groups in total. The lowest BCUT2D eigenvalue weighted by molar-refractivity contribution is 0.395. The summed E-state index contributed by atoms with van der Waals surface area (Å²) in [6, 6.07) is 6.65. The van der Waals surface area contributed by atoms with Gasteiger partial charge in [-0.05, 0) is 43.4 Å². The second-order valence-corrected chi connectivity index (χ2v) is 6.19. The zero-order chi connectivity index (χ0) is 13.1. The van der Waals surface area contributed by atoms with Gasteiger partial charge in [0.05, 0.1) is 0 Å². The molecular formula is C15H23BrN2. The van der Waals surface area contributed by atoms with Crippen LogP contribution in [0.3, 0.4) is 0 Å². The van der Waals surface area contributed by atoms with Crippen molar-refractivity contribution in [3.05, 3.63) is 28.2 Å². The molecule has 0 bridgehead atoms. The van der Waals surface area contributed by atoms with Crippen LogP contribution in [0.5, 0.6) is 0 Å². The van der Waals surface area contributed by atoms with Gasteiger partial charge in [-0.1, -0.05) is 35.3 Å². The first-order valence-corrected chi connectivity index (χ1v) is 7.71. The first kappa shape index (κ1) is 13.9. The van der Waals surface area contributed by atoms with E-state index in [-0.39, 0.29) is 6.04 Å². The summed E-state index contributed by atoms with van der Waals surface area (Å²) in [5.74, 6) is 0.924. The SMILES string of the molecule is CCC1CCN(c2ccc([C@H](C)N)c(Br)c2)CC1. The molecule has 0 aromatic heterocycles. The maximum atomic E-state index is 5.94. The van der Waals surface area contributed by atoms with E-state index in [1.54, 1.807) is 0 Å². The molecule has 2 rings (SSSR count). The van der Waals surface area contributed by atoms with Crippen LogP contribution in [-0.2, 0) is 0 Å². The molecule has 2 nitrogen and oxygen atoms in total. The Balaban J connectivity index is 2.08. The van der Waals surface area contributed by atoms with Gasteiger partial charge in [-0.25, -0.2) is 0 Å². The Hall–Kier alpha value is -0.540. The van der Waals surface area contributed by atoms with Crippen molar-refractivity contribution < 1.29 is 0 Å². The molecule has 0 radical (unpaired) electrons. The van der Waals surface area contributed by atoms with E-state index in [4.69, 9.17) is 5.73 Å². The summed E-state index contributed by atoms with van der Waals surface area (Å²) in [5, 5.41) is 0. The third kappa shape index (κ3) is 3.07. The smallest absolute Gasteiger partial charge is 0.0377 e. The standard InChI is InChI=1S/C15H23BrN2/c1-3-12-6-8-18(9-7-12)13-4-5-14(11(2)17)15(16)10-13/h4-5,10-12H,3,6-9,17H2,1-2H3/t11-/m0/s1. The average Bonchev–Trinajstić information content (AvgIpc) is 2.38. The third-order valence-corrected chi connectivity index (χ3v) is 4.72. The number of benzene rings is 1. The zero-order valence-electron chi connectivity index (χ0n) is 11.3. The van der Waals surface area contributed by atoms with Gasteiger partial charge in [-0.3, -0.25) is 0 Å². The minimum absolute atomic E-state index is 0.0826. The van der Waals surface area contributed by atoms with Crippen LogP contribution in [-0.4, -0.2) is 13.1 Å². The van der Waals surface area contributed by atoms with Crippen LogP contribution >= 0.6 is 15.9 Å². The van der Waals surface area contributed by atoms with Crippen molar-refractivity contribution in [3.8, 4) is 0 Å². The number of nitrogens with two attached hydrogens (primary N) is 1. The first-order valence-electron chi connectivity index (χ1n) is 6.91. The molecule has 1 aromatic rings. The molecule has 1 heterocycles. The van der Waals surface area contributed by atoms with Crippen LogP contribution in [0.15, 0.2) is 22.7 Å². The number of anilines is 1. The minimum atomic E-state index is 0.0826. The van der Waals surface area contributed by atoms with Crippen molar-refractivity contribution >= 4 is 21.6 Å². The molecule has 1 aliphatic rings. The van der Waals surface area contributed by atoms with Gasteiger partial charge in [0, 0.05) is 29.3 Å². The zero-order valence-corrected chi connectivity index (χ0v) is 12.9. The largest absolute Gasteiger partial charge is 0.371 e. The summed E-state index contributed by atoms with van der Waals surface area (Å²) >= 11 is 3.63. The van der Waals surface area contributed by atoms with E-state index in [2.05, 4.69) is 46.0 Å². The minimum Gasteiger partial charge on any atom is -0.371 e. The second-order valence-electron chi connectivity index (χ2n) is 5.33. The van der Waals surface area contributed by atoms with E-state index in [9.17, 15) is 0 Å². The summed E-state index contributed by atoms with van der Waals surface area (Å²) in [4.78, 5) is 2.49. The fraction of sp³-hybridized carbons (Fsp3) is 0.600. The van der Waals surface area contributed by atoms with Crippen LogP contribution in [0, 0.1) is 5.92 Å². The lowest BCUT2D eigenvalue weighted by Crippen LogP contribution is -2.33. The van der Waals surface area contributed by atoms with Gasteiger partial charge in [-0.15, -0.1) is 0 Å². The fourth-order valence-corrected chi connectivity index (χ4v) is 3.41.